The summed E-state index contributed by atoms with van der Waals surface area (Å²) in [4.78, 5) is 0.269. The van der Waals surface area contributed by atoms with Crippen molar-refractivity contribution in [2.45, 2.75) is 17.9 Å². The second-order valence-electron chi connectivity index (χ2n) is 5.37. The molecule has 0 atom stereocenters. The SMILES string of the molecule is O=S(=O)(c1cnn(Cc2ccccc2)c1)N1CCCNCC1. The van der Waals surface area contributed by atoms with Crippen molar-refractivity contribution < 1.29 is 8.42 Å². The van der Waals surface area contributed by atoms with Crippen LogP contribution in [-0.4, -0.2) is 48.7 Å². The Kier molecular flexibility index (Phi) is 4.56. The Labute approximate surface area is 130 Å². The summed E-state index contributed by atoms with van der Waals surface area (Å²) in [5.74, 6) is 0. The lowest BCUT2D eigenvalue weighted by atomic mass is 10.2. The topological polar surface area (TPSA) is 67.2 Å². The molecule has 118 valence electrons. The number of aromatic nitrogens is 2. The normalized spacial score (nSPS) is 17.3. The van der Waals surface area contributed by atoms with Gasteiger partial charge in [-0.2, -0.15) is 9.40 Å². The number of rotatable bonds is 4. The summed E-state index contributed by atoms with van der Waals surface area (Å²) < 4.78 is 28.5. The van der Waals surface area contributed by atoms with Crippen LogP contribution < -0.4 is 5.32 Å². The van der Waals surface area contributed by atoms with E-state index < -0.39 is 10.0 Å². The molecule has 2 heterocycles. The first kappa shape index (κ1) is 15.2. The molecule has 0 radical (unpaired) electrons. The molecule has 0 unspecified atom stereocenters. The van der Waals surface area contributed by atoms with Gasteiger partial charge >= 0.3 is 0 Å². The minimum Gasteiger partial charge on any atom is -0.315 e. The van der Waals surface area contributed by atoms with Crippen LogP contribution in [0.1, 0.15) is 12.0 Å². The smallest absolute Gasteiger partial charge is 0.246 e. The molecule has 1 aromatic heterocycles. The molecule has 1 N–H and O–H groups in total. The average Bonchev–Trinajstić information content (AvgIpc) is 2.82. The first-order valence-corrected chi connectivity index (χ1v) is 8.87. The third-order valence-electron chi connectivity index (χ3n) is 3.73. The van der Waals surface area contributed by atoms with Crippen molar-refractivity contribution in [3.63, 3.8) is 0 Å². The van der Waals surface area contributed by atoms with Crippen molar-refractivity contribution in [1.82, 2.24) is 19.4 Å². The molecule has 1 aliphatic rings. The van der Waals surface area contributed by atoms with Crippen LogP contribution >= 0.6 is 0 Å². The summed E-state index contributed by atoms with van der Waals surface area (Å²) in [6.07, 6.45) is 3.88. The summed E-state index contributed by atoms with van der Waals surface area (Å²) in [7, 11) is -3.45. The molecule has 0 aliphatic carbocycles. The van der Waals surface area contributed by atoms with Crippen molar-refractivity contribution in [3.8, 4) is 0 Å². The van der Waals surface area contributed by atoms with Gasteiger partial charge in [0.2, 0.25) is 10.0 Å². The van der Waals surface area contributed by atoms with E-state index in [1.807, 2.05) is 30.3 Å². The highest BCUT2D eigenvalue weighted by molar-refractivity contribution is 7.89. The summed E-state index contributed by atoms with van der Waals surface area (Å²) in [6.45, 7) is 3.18. The summed E-state index contributed by atoms with van der Waals surface area (Å²) >= 11 is 0. The van der Waals surface area contributed by atoms with Gasteiger partial charge in [0.1, 0.15) is 4.90 Å². The van der Waals surface area contributed by atoms with Crippen LogP contribution in [-0.2, 0) is 16.6 Å². The number of sulfonamides is 1. The first-order chi connectivity index (χ1) is 10.7. The van der Waals surface area contributed by atoms with Crippen LogP contribution in [0.25, 0.3) is 0 Å². The van der Waals surface area contributed by atoms with Gasteiger partial charge in [0.25, 0.3) is 0 Å². The monoisotopic (exact) mass is 320 g/mol. The van der Waals surface area contributed by atoms with E-state index in [9.17, 15) is 8.42 Å². The van der Waals surface area contributed by atoms with Crippen LogP contribution in [0.4, 0.5) is 0 Å². The van der Waals surface area contributed by atoms with Gasteiger partial charge in [-0.15, -0.1) is 0 Å². The molecular formula is C15H20N4O2S. The number of hydrogen-bond donors (Lipinski definition) is 1. The van der Waals surface area contributed by atoms with Gasteiger partial charge in [0.15, 0.2) is 0 Å². The fraction of sp³-hybridized carbons (Fsp3) is 0.400. The zero-order chi connectivity index (χ0) is 15.4. The molecule has 1 aromatic carbocycles. The van der Waals surface area contributed by atoms with Gasteiger partial charge in [-0.3, -0.25) is 4.68 Å². The third kappa shape index (κ3) is 3.37. The molecule has 0 spiro atoms. The Balaban J connectivity index is 1.77. The number of hydrogen-bond acceptors (Lipinski definition) is 4. The highest BCUT2D eigenvalue weighted by Crippen LogP contribution is 2.16. The highest BCUT2D eigenvalue weighted by atomic mass is 32.2. The lowest BCUT2D eigenvalue weighted by Crippen LogP contribution is -2.34. The molecular weight excluding hydrogens is 300 g/mol. The number of nitrogens with one attached hydrogen (secondary N) is 1. The maximum atomic E-state index is 12.7. The zero-order valence-electron chi connectivity index (χ0n) is 12.4. The van der Waals surface area contributed by atoms with Gasteiger partial charge in [-0.1, -0.05) is 30.3 Å². The summed E-state index contributed by atoms with van der Waals surface area (Å²) in [5.41, 5.74) is 1.09. The van der Waals surface area contributed by atoms with E-state index in [1.54, 1.807) is 10.9 Å². The minimum absolute atomic E-state index is 0.269. The summed E-state index contributed by atoms with van der Waals surface area (Å²) in [6, 6.07) is 9.87. The Morgan fingerprint density at radius 3 is 2.77 bits per heavy atom. The predicted octanol–water partition coefficient (Wildman–Crippen LogP) is 0.915. The molecule has 0 saturated carbocycles. The molecule has 0 bridgehead atoms. The fourth-order valence-electron chi connectivity index (χ4n) is 2.55. The van der Waals surface area contributed by atoms with Crippen molar-refractivity contribution in [2.24, 2.45) is 0 Å². The molecule has 22 heavy (non-hydrogen) atoms. The van der Waals surface area contributed by atoms with Gasteiger partial charge in [0.05, 0.1) is 12.7 Å². The van der Waals surface area contributed by atoms with E-state index in [4.69, 9.17) is 0 Å². The molecule has 1 fully saturated rings. The average molecular weight is 320 g/mol. The number of benzene rings is 1. The molecule has 6 nitrogen and oxygen atoms in total. The van der Waals surface area contributed by atoms with Gasteiger partial charge < -0.3 is 5.32 Å². The second kappa shape index (κ2) is 6.60. The lowest BCUT2D eigenvalue weighted by Gasteiger charge is -2.18. The Morgan fingerprint density at radius 2 is 1.95 bits per heavy atom. The molecule has 0 amide bonds. The van der Waals surface area contributed by atoms with Gasteiger partial charge in [-0.25, -0.2) is 8.42 Å². The summed E-state index contributed by atoms with van der Waals surface area (Å²) in [5, 5.41) is 7.40. The highest BCUT2D eigenvalue weighted by Gasteiger charge is 2.26. The van der Waals surface area contributed by atoms with Crippen molar-refractivity contribution >= 4 is 10.0 Å². The van der Waals surface area contributed by atoms with E-state index in [2.05, 4.69) is 10.4 Å². The molecule has 2 aromatic rings. The minimum atomic E-state index is -3.45. The van der Waals surface area contributed by atoms with Crippen LogP contribution in [0, 0.1) is 0 Å². The molecule has 7 heteroatoms. The van der Waals surface area contributed by atoms with E-state index in [0.717, 1.165) is 18.5 Å². The van der Waals surface area contributed by atoms with Crippen molar-refractivity contribution in [1.29, 1.82) is 0 Å². The van der Waals surface area contributed by atoms with E-state index >= 15 is 0 Å². The van der Waals surface area contributed by atoms with E-state index in [1.165, 1.54) is 10.5 Å². The van der Waals surface area contributed by atoms with E-state index in [0.29, 0.717) is 26.2 Å². The molecule has 1 saturated heterocycles. The predicted molar refractivity (Wildman–Crippen MR) is 84.0 cm³/mol. The van der Waals surface area contributed by atoms with Crippen LogP contribution in [0.5, 0.6) is 0 Å². The van der Waals surface area contributed by atoms with E-state index in [-0.39, 0.29) is 4.90 Å². The Bertz CT molecular complexity index is 704. The standard InChI is InChI=1S/C15H20N4O2S/c20-22(21,19-9-4-7-16-8-10-19)15-11-17-18(13-15)12-14-5-2-1-3-6-14/h1-3,5-6,11,13,16H,4,7-10,12H2. The molecule has 1 aliphatic heterocycles. The largest absolute Gasteiger partial charge is 0.315 e. The zero-order valence-corrected chi connectivity index (χ0v) is 13.2. The van der Waals surface area contributed by atoms with Crippen molar-refractivity contribution in [3.05, 3.63) is 48.3 Å². The van der Waals surface area contributed by atoms with Gasteiger partial charge in [-0.05, 0) is 18.5 Å². The van der Waals surface area contributed by atoms with Gasteiger partial charge in [0, 0.05) is 25.8 Å². The number of nitrogens with zero attached hydrogens (tertiary/aromatic N) is 3. The maximum absolute atomic E-state index is 12.7. The first-order valence-electron chi connectivity index (χ1n) is 7.43. The Morgan fingerprint density at radius 1 is 1.14 bits per heavy atom. The Hall–Kier alpha value is -1.70. The van der Waals surface area contributed by atoms with Crippen LogP contribution in [0.15, 0.2) is 47.6 Å². The quantitative estimate of drug-likeness (QED) is 0.909. The molecule has 3 rings (SSSR count). The van der Waals surface area contributed by atoms with Crippen LogP contribution in [0.2, 0.25) is 0 Å². The van der Waals surface area contributed by atoms with Crippen LogP contribution in [0.3, 0.4) is 0 Å². The third-order valence-corrected chi connectivity index (χ3v) is 5.59. The fourth-order valence-corrected chi connectivity index (χ4v) is 3.98. The maximum Gasteiger partial charge on any atom is 0.246 e. The lowest BCUT2D eigenvalue weighted by molar-refractivity contribution is 0.432. The van der Waals surface area contributed by atoms with Crippen molar-refractivity contribution in [2.75, 3.05) is 26.2 Å². The second-order valence-corrected chi connectivity index (χ2v) is 7.30.